The maximum absolute atomic E-state index is 13.2. The predicted molar refractivity (Wildman–Crippen MR) is 107 cm³/mol. The number of hydrogen-bond donors (Lipinski definition) is 0. The van der Waals surface area contributed by atoms with Crippen molar-refractivity contribution < 1.29 is 4.79 Å². The lowest BCUT2D eigenvalue weighted by atomic mass is 9.99. The summed E-state index contributed by atoms with van der Waals surface area (Å²) in [5, 5.41) is 4.61. The zero-order chi connectivity index (χ0) is 19.0. The average Bonchev–Trinajstić information content (AvgIpc) is 3.31. The van der Waals surface area contributed by atoms with Crippen LogP contribution in [-0.2, 0) is 0 Å². The van der Waals surface area contributed by atoms with E-state index in [2.05, 4.69) is 37.1 Å². The second kappa shape index (κ2) is 7.03. The largest absolute Gasteiger partial charge is 0.330 e. The molecule has 138 valence electrons. The van der Waals surface area contributed by atoms with Crippen molar-refractivity contribution in [1.29, 1.82) is 0 Å². The first-order chi connectivity index (χ1) is 13.0. The average molecular weight is 359 g/mol. The van der Waals surface area contributed by atoms with Crippen LogP contribution in [0.4, 0.5) is 0 Å². The fourth-order valence-corrected chi connectivity index (χ4v) is 3.88. The van der Waals surface area contributed by atoms with Gasteiger partial charge >= 0.3 is 0 Å². The van der Waals surface area contributed by atoms with Crippen LogP contribution in [0.15, 0.2) is 54.6 Å². The molecule has 27 heavy (non-hydrogen) atoms. The standard InChI is InChI=1S/C23H25N3O/c1-16-11-12-19(14-17(16)2)22-10-7-13-25(22)23(27)21-15-18(3)26(24-21)20-8-5-4-6-9-20/h4-6,8-9,11-12,14-15,22H,7,10,13H2,1-3H3. The van der Waals surface area contributed by atoms with Gasteiger partial charge in [-0.1, -0.05) is 36.4 Å². The molecule has 1 aromatic heterocycles. The third-order valence-corrected chi connectivity index (χ3v) is 5.54. The van der Waals surface area contributed by atoms with Crippen LogP contribution in [0.5, 0.6) is 0 Å². The van der Waals surface area contributed by atoms with Crippen molar-refractivity contribution in [3.05, 3.63) is 82.7 Å². The minimum Gasteiger partial charge on any atom is -0.330 e. The van der Waals surface area contributed by atoms with Crippen LogP contribution < -0.4 is 0 Å². The second-order valence-corrected chi connectivity index (χ2v) is 7.42. The van der Waals surface area contributed by atoms with Crippen molar-refractivity contribution in [1.82, 2.24) is 14.7 Å². The van der Waals surface area contributed by atoms with Gasteiger partial charge in [0.2, 0.25) is 0 Å². The Morgan fingerprint density at radius 2 is 1.78 bits per heavy atom. The molecule has 0 bridgehead atoms. The normalized spacial score (nSPS) is 16.7. The molecule has 4 heteroatoms. The third-order valence-electron chi connectivity index (χ3n) is 5.54. The lowest BCUT2D eigenvalue weighted by Gasteiger charge is -2.25. The van der Waals surface area contributed by atoms with Gasteiger partial charge in [0.05, 0.1) is 11.7 Å². The molecule has 1 amide bonds. The van der Waals surface area contributed by atoms with Gasteiger partial charge in [0.15, 0.2) is 5.69 Å². The summed E-state index contributed by atoms with van der Waals surface area (Å²) in [6.45, 7) is 7.02. The molecular weight excluding hydrogens is 334 g/mol. The Kier molecular flexibility index (Phi) is 4.56. The van der Waals surface area contributed by atoms with Gasteiger partial charge in [-0.3, -0.25) is 4.79 Å². The lowest BCUT2D eigenvalue weighted by molar-refractivity contribution is 0.0729. The van der Waals surface area contributed by atoms with E-state index in [-0.39, 0.29) is 11.9 Å². The molecule has 4 nitrogen and oxygen atoms in total. The number of likely N-dealkylation sites (tertiary alicyclic amines) is 1. The topological polar surface area (TPSA) is 38.1 Å². The van der Waals surface area contributed by atoms with Gasteiger partial charge in [-0.05, 0) is 68.5 Å². The Morgan fingerprint density at radius 1 is 1.00 bits per heavy atom. The summed E-state index contributed by atoms with van der Waals surface area (Å²) in [4.78, 5) is 15.2. The molecule has 1 atom stereocenters. The molecule has 1 fully saturated rings. The SMILES string of the molecule is Cc1ccc(C2CCCN2C(=O)c2cc(C)n(-c3ccccc3)n2)cc1C. The van der Waals surface area contributed by atoms with Crippen molar-refractivity contribution in [3.63, 3.8) is 0 Å². The molecule has 1 aliphatic heterocycles. The zero-order valence-electron chi connectivity index (χ0n) is 16.1. The maximum Gasteiger partial charge on any atom is 0.274 e. The van der Waals surface area contributed by atoms with Crippen LogP contribution in [0, 0.1) is 20.8 Å². The quantitative estimate of drug-likeness (QED) is 0.675. The van der Waals surface area contributed by atoms with Crippen LogP contribution in [0.3, 0.4) is 0 Å². The lowest BCUT2D eigenvalue weighted by Crippen LogP contribution is -2.31. The number of nitrogens with zero attached hydrogens (tertiary/aromatic N) is 3. The van der Waals surface area contributed by atoms with Gasteiger partial charge in [-0.15, -0.1) is 0 Å². The van der Waals surface area contributed by atoms with E-state index in [0.29, 0.717) is 5.69 Å². The zero-order valence-corrected chi connectivity index (χ0v) is 16.1. The fourth-order valence-electron chi connectivity index (χ4n) is 3.88. The summed E-state index contributed by atoms with van der Waals surface area (Å²) in [5.41, 5.74) is 6.24. The summed E-state index contributed by atoms with van der Waals surface area (Å²) < 4.78 is 1.84. The molecule has 1 aliphatic rings. The summed E-state index contributed by atoms with van der Waals surface area (Å²) in [6.07, 6.45) is 2.04. The number of amides is 1. The molecule has 1 unspecified atom stereocenters. The molecular formula is C23H25N3O. The van der Waals surface area contributed by atoms with Gasteiger partial charge < -0.3 is 4.90 Å². The Morgan fingerprint density at radius 3 is 2.52 bits per heavy atom. The van der Waals surface area contributed by atoms with Gasteiger partial charge in [-0.25, -0.2) is 4.68 Å². The first-order valence-corrected chi connectivity index (χ1v) is 9.55. The highest BCUT2D eigenvalue weighted by Crippen LogP contribution is 2.34. The monoisotopic (exact) mass is 359 g/mol. The molecule has 0 spiro atoms. The van der Waals surface area contributed by atoms with Crippen LogP contribution >= 0.6 is 0 Å². The summed E-state index contributed by atoms with van der Waals surface area (Å²) >= 11 is 0. The van der Waals surface area contributed by atoms with Gasteiger partial charge in [0, 0.05) is 12.2 Å². The third kappa shape index (κ3) is 3.27. The van der Waals surface area contributed by atoms with E-state index in [1.54, 1.807) is 0 Å². The van der Waals surface area contributed by atoms with Crippen LogP contribution in [0.2, 0.25) is 0 Å². The predicted octanol–water partition coefficient (Wildman–Crippen LogP) is 4.77. The van der Waals surface area contributed by atoms with Crippen molar-refractivity contribution in [3.8, 4) is 5.69 Å². The molecule has 0 radical (unpaired) electrons. The highest BCUT2D eigenvalue weighted by molar-refractivity contribution is 5.93. The van der Waals surface area contributed by atoms with E-state index in [1.165, 1.54) is 16.7 Å². The van der Waals surface area contributed by atoms with E-state index in [9.17, 15) is 4.79 Å². The molecule has 2 heterocycles. The summed E-state index contributed by atoms with van der Waals surface area (Å²) in [7, 11) is 0. The number of aromatic nitrogens is 2. The molecule has 1 saturated heterocycles. The van der Waals surface area contributed by atoms with Crippen LogP contribution in [0.1, 0.15) is 51.8 Å². The molecule has 2 aromatic carbocycles. The van der Waals surface area contributed by atoms with E-state index in [1.807, 2.05) is 52.9 Å². The number of aryl methyl sites for hydroxylation is 3. The smallest absolute Gasteiger partial charge is 0.274 e. The number of para-hydroxylation sites is 1. The molecule has 0 aliphatic carbocycles. The number of carbonyl (C=O) groups excluding carboxylic acids is 1. The summed E-state index contributed by atoms with van der Waals surface area (Å²) in [5.74, 6) is 0.0218. The number of carbonyl (C=O) groups is 1. The highest BCUT2D eigenvalue weighted by atomic mass is 16.2. The minimum absolute atomic E-state index is 0.0218. The van der Waals surface area contributed by atoms with Gasteiger partial charge in [-0.2, -0.15) is 5.10 Å². The molecule has 4 rings (SSSR count). The van der Waals surface area contributed by atoms with Crippen molar-refractivity contribution in [2.24, 2.45) is 0 Å². The highest BCUT2D eigenvalue weighted by Gasteiger charge is 2.32. The first-order valence-electron chi connectivity index (χ1n) is 9.55. The Bertz CT molecular complexity index is 975. The molecule has 0 N–H and O–H groups in total. The fraction of sp³-hybridized carbons (Fsp3) is 0.304. The van der Waals surface area contributed by atoms with Crippen LogP contribution in [0.25, 0.3) is 5.69 Å². The van der Waals surface area contributed by atoms with Gasteiger partial charge in [0.1, 0.15) is 0 Å². The van der Waals surface area contributed by atoms with Crippen molar-refractivity contribution >= 4 is 5.91 Å². The number of hydrogen-bond acceptors (Lipinski definition) is 2. The van der Waals surface area contributed by atoms with E-state index in [4.69, 9.17) is 0 Å². The van der Waals surface area contributed by atoms with Gasteiger partial charge in [0.25, 0.3) is 5.91 Å². The van der Waals surface area contributed by atoms with Crippen LogP contribution in [-0.4, -0.2) is 27.1 Å². The second-order valence-electron chi connectivity index (χ2n) is 7.42. The van der Waals surface area contributed by atoms with E-state index >= 15 is 0 Å². The van der Waals surface area contributed by atoms with E-state index < -0.39 is 0 Å². The van der Waals surface area contributed by atoms with E-state index in [0.717, 1.165) is 30.8 Å². The minimum atomic E-state index is 0.0218. The maximum atomic E-state index is 13.2. The molecule has 0 saturated carbocycles. The van der Waals surface area contributed by atoms with Crippen molar-refractivity contribution in [2.75, 3.05) is 6.54 Å². The summed E-state index contributed by atoms with van der Waals surface area (Å²) in [6, 6.07) is 18.5. The Labute approximate surface area is 160 Å². The van der Waals surface area contributed by atoms with Crippen molar-refractivity contribution in [2.45, 2.75) is 39.7 Å². The first kappa shape index (κ1) is 17.5. The number of rotatable bonds is 3. The Balaban J connectivity index is 1.63. The Hall–Kier alpha value is -2.88. The number of benzene rings is 2. The molecule has 3 aromatic rings.